The van der Waals surface area contributed by atoms with Gasteiger partial charge in [0.15, 0.2) is 0 Å². The van der Waals surface area contributed by atoms with Crippen LogP contribution < -0.4 is 5.73 Å². The molecule has 1 aliphatic rings. The van der Waals surface area contributed by atoms with Gasteiger partial charge in [-0.05, 0) is 31.9 Å². The first-order chi connectivity index (χ1) is 8.04. The number of nitrogens with two attached hydrogens (primary N) is 1. The van der Waals surface area contributed by atoms with Crippen LogP contribution in [0.15, 0.2) is 22.8 Å². The highest BCUT2D eigenvalue weighted by atomic mass is 16.3. The number of carbonyl (C=O) groups excluding carboxylic acids is 1. The van der Waals surface area contributed by atoms with Crippen molar-refractivity contribution in [2.45, 2.75) is 38.8 Å². The van der Waals surface area contributed by atoms with Crippen molar-refractivity contribution in [1.29, 1.82) is 0 Å². The maximum absolute atomic E-state index is 12.4. The monoisotopic (exact) mass is 236 g/mol. The zero-order chi connectivity index (χ0) is 12.5. The summed E-state index contributed by atoms with van der Waals surface area (Å²) in [5, 5.41) is 0. The van der Waals surface area contributed by atoms with Crippen molar-refractivity contribution in [3.05, 3.63) is 24.2 Å². The molecule has 0 aliphatic heterocycles. The van der Waals surface area contributed by atoms with Gasteiger partial charge in [0.2, 0.25) is 5.91 Å². The van der Waals surface area contributed by atoms with Crippen molar-refractivity contribution >= 4 is 5.91 Å². The normalized spacial score (nSPS) is 28.3. The summed E-state index contributed by atoms with van der Waals surface area (Å²) in [4.78, 5) is 14.1. The van der Waals surface area contributed by atoms with Crippen LogP contribution in [0, 0.1) is 5.41 Å². The fourth-order valence-corrected chi connectivity index (χ4v) is 2.60. The Kier molecular flexibility index (Phi) is 3.24. The zero-order valence-corrected chi connectivity index (χ0v) is 10.5. The van der Waals surface area contributed by atoms with Crippen LogP contribution in [0.4, 0.5) is 0 Å². The third-order valence-electron chi connectivity index (χ3n) is 3.84. The van der Waals surface area contributed by atoms with Crippen molar-refractivity contribution in [3.63, 3.8) is 0 Å². The Morgan fingerprint density at radius 1 is 1.71 bits per heavy atom. The Balaban J connectivity index is 2.04. The summed E-state index contributed by atoms with van der Waals surface area (Å²) < 4.78 is 5.25. The Labute approximate surface area is 102 Å². The highest BCUT2D eigenvalue weighted by molar-refractivity contribution is 5.83. The molecule has 0 saturated heterocycles. The average Bonchev–Trinajstić information content (AvgIpc) is 2.90. The molecule has 2 rings (SSSR count). The third-order valence-corrected chi connectivity index (χ3v) is 3.84. The first-order valence-electron chi connectivity index (χ1n) is 6.07. The maximum atomic E-state index is 12.4. The Morgan fingerprint density at radius 2 is 2.47 bits per heavy atom. The molecular formula is C13H20N2O2. The number of hydrogen-bond donors (Lipinski definition) is 1. The van der Waals surface area contributed by atoms with E-state index >= 15 is 0 Å². The van der Waals surface area contributed by atoms with E-state index in [1.165, 1.54) is 0 Å². The van der Waals surface area contributed by atoms with E-state index in [-0.39, 0.29) is 11.9 Å². The zero-order valence-electron chi connectivity index (χ0n) is 10.5. The molecule has 1 saturated carbocycles. The van der Waals surface area contributed by atoms with E-state index in [9.17, 15) is 4.79 Å². The molecule has 1 fully saturated rings. The lowest BCUT2D eigenvalue weighted by atomic mass is 9.83. The molecule has 4 heteroatoms. The van der Waals surface area contributed by atoms with Gasteiger partial charge in [-0.2, -0.15) is 0 Å². The molecule has 2 atom stereocenters. The van der Waals surface area contributed by atoms with Crippen LogP contribution in [-0.4, -0.2) is 23.9 Å². The Bertz CT molecular complexity index is 388. The lowest BCUT2D eigenvalue weighted by molar-refractivity contribution is -0.141. The van der Waals surface area contributed by atoms with Gasteiger partial charge in [0.05, 0.1) is 18.2 Å². The highest BCUT2D eigenvalue weighted by Gasteiger charge is 2.44. The minimum absolute atomic E-state index is 0.0194. The standard InChI is InChI=1S/C13H20N2O2/c1-13(7-3-6-11(13)14)12(16)15(2)9-10-5-4-8-17-10/h4-5,8,11H,3,6-7,9,14H2,1-2H3. The molecule has 17 heavy (non-hydrogen) atoms. The number of nitrogens with zero attached hydrogens (tertiary/aromatic N) is 1. The SMILES string of the molecule is CN(Cc1ccco1)C(=O)C1(C)CCCC1N. The summed E-state index contributed by atoms with van der Waals surface area (Å²) in [6.45, 7) is 2.49. The molecule has 1 amide bonds. The van der Waals surface area contributed by atoms with E-state index in [0.717, 1.165) is 25.0 Å². The molecule has 1 aliphatic carbocycles. The molecule has 2 unspecified atom stereocenters. The van der Waals surface area contributed by atoms with E-state index in [2.05, 4.69) is 0 Å². The fourth-order valence-electron chi connectivity index (χ4n) is 2.60. The summed E-state index contributed by atoms with van der Waals surface area (Å²) in [6.07, 6.45) is 4.49. The third kappa shape index (κ3) is 2.22. The van der Waals surface area contributed by atoms with Crippen LogP contribution in [0.5, 0.6) is 0 Å². The van der Waals surface area contributed by atoms with Crippen LogP contribution in [0.2, 0.25) is 0 Å². The first-order valence-corrected chi connectivity index (χ1v) is 6.07. The molecule has 1 heterocycles. The summed E-state index contributed by atoms with van der Waals surface area (Å²) in [6, 6.07) is 3.69. The maximum Gasteiger partial charge on any atom is 0.230 e. The molecule has 2 N–H and O–H groups in total. The van der Waals surface area contributed by atoms with E-state index in [1.807, 2.05) is 19.1 Å². The Morgan fingerprint density at radius 3 is 3.00 bits per heavy atom. The average molecular weight is 236 g/mol. The van der Waals surface area contributed by atoms with Gasteiger partial charge in [-0.25, -0.2) is 0 Å². The van der Waals surface area contributed by atoms with Gasteiger partial charge < -0.3 is 15.1 Å². The second kappa shape index (κ2) is 4.53. The van der Waals surface area contributed by atoms with Gasteiger partial charge >= 0.3 is 0 Å². The van der Waals surface area contributed by atoms with Gasteiger partial charge in [0.25, 0.3) is 0 Å². The van der Waals surface area contributed by atoms with Crippen molar-refractivity contribution in [2.75, 3.05) is 7.05 Å². The van der Waals surface area contributed by atoms with Gasteiger partial charge in [-0.3, -0.25) is 4.79 Å². The molecule has 0 spiro atoms. The smallest absolute Gasteiger partial charge is 0.230 e. The summed E-state index contributed by atoms with van der Waals surface area (Å²) in [5.41, 5.74) is 5.65. The van der Waals surface area contributed by atoms with E-state index in [4.69, 9.17) is 10.2 Å². The molecule has 0 radical (unpaired) electrons. The summed E-state index contributed by atoms with van der Waals surface area (Å²) in [7, 11) is 1.81. The molecule has 94 valence electrons. The van der Waals surface area contributed by atoms with Crippen LogP contribution in [0.25, 0.3) is 0 Å². The van der Waals surface area contributed by atoms with Crippen molar-refractivity contribution < 1.29 is 9.21 Å². The van der Waals surface area contributed by atoms with Gasteiger partial charge in [-0.1, -0.05) is 6.42 Å². The van der Waals surface area contributed by atoms with Crippen LogP contribution in [0.3, 0.4) is 0 Å². The predicted octanol–water partition coefficient (Wildman–Crippen LogP) is 1.76. The van der Waals surface area contributed by atoms with E-state index < -0.39 is 5.41 Å². The van der Waals surface area contributed by atoms with Crippen molar-refractivity contribution in [1.82, 2.24) is 4.90 Å². The van der Waals surface area contributed by atoms with Crippen LogP contribution in [-0.2, 0) is 11.3 Å². The number of carbonyl (C=O) groups is 1. The van der Waals surface area contributed by atoms with E-state index in [1.54, 1.807) is 18.2 Å². The molecule has 1 aromatic heterocycles. The van der Waals surface area contributed by atoms with Crippen molar-refractivity contribution in [2.24, 2.45) is 11.1 Å². The largest absolute Gasteiger partial charge is 0.467 e. The number of furan rings is 1. The highest BCUT2D eigenvalue weighted by Crippen LogP contribution is 2.38. The molecule has 4 nitrogen and oxygen atoms in total. The Hall–Kier alpha value is -1.29. The second-order valence-corrected chi connectivity index (χ2v) is 5.16. The number of amides is 1. The molecule has 0 bridgehead atoms. The quantitative estimate of drug-likeness (QED) is 0.869. The lowest BCUT2D eigenvalue weighted by Gasteiger charge is -2.32. The predicted molar refractivity (Wildman–Crippen MR) is 65.1 cm³/mol. The van der Waals surface area contributed by atoms with Gasteiger partial charge in [0, 0.05) is 13.1 Å². The molecular weight excluding hydrogens is 216 g/mol. The van der Waals surface area contributed by atoms with Crippen LogP contribution >= 0.6 is 0 Å². The van der Waals surface area contributed by atoms with E-state index in [0.29, 0.717) is 6.54 Å². The minimum atomic E-state index is -0.401. The van der Waals surface area contributed by atoms with Gasteiger partial charge in [0.1, 0.15) is 5.76 Å². The molecule has 1 aromatic rings. The minimum Gasteiger partial charge on any atom is -0.467 e. The number of rotatable bonds is 3. The van der Waals surface area contributed by atoms with Gasteiger partial charge in [-0.15, -0.1) is 0 Å². The van der Waals surface area contributed by atoms with Crippen LogP contribution in [0.1, 0.15) is 31.9 Å². The first kappa shape index (κ1) is 12.2. The second-order valence-electron chi connectivity index (χ2n) is 5.16. The lowest BCUT2D eigenvalue weighted by Crippen LogP contribution is -2.47. The van der Waals surface area contributed by atoms with Crippen molar-refractivity contribution in [3.8, 4) is 0 Å². The summed E-state index contributed by atoms with van der Waals surface area (Å²) >= 11 is 0. The summed E-state index contributed by atoms with van der Waals surface area (Å²) in [5.74, 6) is 0.926. The topological polar surface area (TPSA) is 59.5 Å². The fraction of sp³-hybridized carbons (Fsp3) is 0.615. The molecule has 0 aromatic carbocycles. The number of hydrogen-bond acceptors (Lipinski definition) is 3.